The van der Waals surface area contributed by atoms with Crippen molar-refractivity contribution in [3.63, 3.8) is 0 Å². The zero-order valence-electron chi connectivity index (χ0n) is 11.6. The van der Waals surface area contributed by atoms with Gasteiger partial charge in [0.05, 0.1) is 0 Å². The molecule has 3 unspecified atom stereocenters. The molecule has 0 aromatic heterocycles. The van der Waals surface area contributed by atoms with E-state index in [1.54, 1.807) is 0 Å². The van der Waals surface area contributed by atoms with E-state index in [1.165, 1.54) is 43.2 Å². The van der Waals surface area contributed by atoms with Crippen LogP contribution in [-0.2, 0) is 6.42 Å². The van der Waals surface area contributed by atoms with Gasteiger partial charge in [0.2, 0.25) is 0 Å². The summed E-state index contributed by atoms with van der Waals surface area (Å²) in [5.74, 6) is 0.405. The van der Waals surface area contributed by atoms with E-state index in [0.29, 0.717) is 17.8 Å². The summed E-state index contributed by atoms with van der Waals surface area (Å²) < 4.78 is 0. The van der Waals surface area contributed by atoms with E-state index in [2.05, 4.69) is 17.6 Å². The Balaban J connectivity index is 1.70. The molecular formula is C16H23NOS. The Morgan fingerprint density at radius 3 is 2.95 bits per heavy atom. The number of aryl methyl sites for hydroxylation is 1. The first-order chi connectivity index (χ1) is 9.26. The van der Waals surface area contributed by atoms with Crippen molar-refractivity contribution in [2.24, 2.45) is 0 Å². The van der Waals surface area contributed by atoms with Crippen LogP contribution in [-0.4, -0.2) is 22.7 Å². The van der Waals surface area contributed by atoms with Gasteiger partial charge in [0.1, 0.15) is 5.75 Å². The Bertz CT molecular complexity index is 448. The van der Waals surface area contributed by atoms with E-state index in [4.69, 9.17) is 0 Å². The molecule has 1 fully saturated rings. The van der Waals surface area contributed by atoms with Gasteiger partial charge in [0.15, 0.2) is 0 Å². The third-order valence-electron chi connectivity index (χ3n) is 4.60. The number of thioether (sulfide) groups is 1. The van der Waals surface area contributed by atoms with Gasteiger partial charge in [-0.2, -0.15) is 11.8 Å². The molecule has 1 saturated carbocycles. The van der Waals surface area contributed by atoms with Gasteiger partial charge < -0.3 is 10.4 Å². The molecule has 0 saturated heterocycles. The monoisotopic (exact) mass is 277 g/mol. The lowest BCUT2D eigenvalue weighted by Gasteiger charge is -2.29. The minimum atomic E-state index is 0.405. The van der Waals surface area contributed by atoms with Gasteiger partial charge in [-0.1, -0.05) is 6.07 Å². The van der Waals surface area contributed by atoms with Gasteiger partial charge in [0.25, 0.3) is 0 Å². The highest BCUT2D eigenvalue weighted by molar-refractivity contribution is 7.99. The average Bonchev–Trinajstić information content (AvgIpc) is 2.86. The van der Waals surface area contributed by atoms with E-state index in [0.717, 1.165) is 11.7 Å². The first kappa shape index (κ1) is 13.3. The molecule has 2 aliphatic carbocycles. The Morgan fingerprint density at radius 2 is 2.16 bits per heavy atom. The summed E-state index contributed by atoms with van der Waals surface area (Å²) in [5.41, 5.74) is 2.75. The minimum absolute atomic E-state index is 0.405. The number of fused-ring (bicyclic) bond motifs is 1. The van der Waals surface area contributed by atoms with Crippen molar-refractivity contribution in [2.75, 3.05) is 6.26 Å². The van der Waals surface area contributed by atoms with Gasteiger partial charge in [-0.3, -0.25) is 0 Å². The standard InChI is InChI=1S/C16H23NOS/c1-19-14-7-5-12(10-14)17-16-4-2-3-11-9-13(18)6-8-15(11)16/h6,8-9,12,14,16-18H,2-5,7,10H2,1H3. The molecule has 2 N–H and O–H groups in total. The number of nitrogens with one attached hydrogen (secondary N) is 1. The van der Waals surface area contributed by atoms with E-state index in [9.17, 15) is 5.11 Å². The van der Waals surface area contributed by atoms with Crippen LogP contribution in [0.2, 0.25) is 0 Å². The molecule has 19 heavy (non-hydrogen) atoms. The third kappa shape index (κ3) is 2.92. The SMILES string of the molecule is CSC1CCC(NC2CCCc3cc(O)ccc32)C1. The summed E-state index contributed by atoms with van der Waals surface area (Å²) in [4.78, 5) is 0. The summed E-state index contributed by atoms with van der Waals surface area (Å²) in [7, 11) is 0. The van der Waals surface area contributed by atoms with E-state index in [-0.39, 0.29) is 0 Å². The van der Waals surface area contributed by atoms with Gasteiger partial charge in [-0.25, -0.2) is 0 Å². The van der Waals surface area contributed by atoms with Crippen molar-refractivity contribution in [3.8, 4) is 5.75 Å². The fourth-order valence-electron chi connectivity index (χ4n) is 3.56. The molecule has 0 heterocycles. The van der Waals surface area contributed by atoms with Crippen LogP contribution in [0.15, 0.2) is 18.2 Å². The Labute approximate surface area is 120 Å². The second-order valence-electron chi connectivity index (χ2n) is 5.86. The first-order valence-corrected chi connectivity index (χ1v) is 8.65. The van der Waals surface area contributed by atoms with E-state index >= 15 is 0 Å². The summed E-state index contributed by atoms with van der Waals surface area (Å²) in [6.45, 7) is 0. The maximum Gasteiger partial charge on any atom is 0.115 e. The predicted molar refractivity (Wildman–Crippen MR) is 81.9 cm³/mol. The maximum absolute atomic E-state index is 9.60. The quantitative estimate of drug-likeness (QED) is 0.884. The van der Waals surface area contributed by atoms with Gasteiger partial charge in [-0.15, -0.1) is 0 Å². The minimum Gasteiger partial charge on any atom is -0.508 e. The van der Waals surface area contributed by atoms with Crippen LogP contribution in [0.3, 0.4) is 0 Å². The number of hydrogen-bond acceptors (Lipinski definition) is 3. The van der Waals surface area contributed by atoms with Crippen molar-refractivity contribution in [1.82, 2.24) is 5.32 Å². The molecule has 2 aliphatic rings. The van der Waals surface area contributed by atoms with Crippen molar-refractivity contribution < 1.29 is 5.11 Å². The number of rotatable bonds is 3. The van der Waals surface area contributed by atoms with Crippen molar-refractivity contribution in [1.29, 1.82) is 0 Å². The lowest BCUT2D eigenvalue weighted by molar-refractivity contribution is 0.396. The Kier molecular flexibility index (Phi) is 4.04. The summed E-state index contributed by atoms with van der Waals surface area (Å²) >= 11 is 2.01. The zero-order chi connectivity index (χ0) is 13.2. The topological polar surface area (TPSA) is 32.3 Å². The van der Waals surface area contributed by atoms with Crippen LogP contribution >= 0.6 is 11.8 Å². The van der Waals surface area contributed by atoms with Gasteiger partial charge in [0, 0.05) is 17.3 Å². The van der Waals surface area contributed by atoms with Gasteiger partial charge in [-0.05, 0) is 68.0 Å². The molecule has 0 radical (unpaired) electrons. The summed E-state index contributed by atoms with van der Waals surface area (Å²) in [6, 6.07) is 7.07. The highest BCUT2D eigenvalue weighted by Crippen LogP contribution is 2.35. The lowest BCUT2D eigenvalue weighted by atomic mass is 9.87. The number of hydrogen-bond donors (Lipinski definition) is 2. The molecule has 2 nitrogen and oxygen atoms in total. The molecule has 1 aromatic rings. The van der Waals surface area contributed by atoms with Gasteiger partial charge >= 0.3 is 0 Å². The summed E-state index contributed by atoms with van der Waals surface area (Å²) in [5, 5.41) is 14.3. The fourth-order valence-corrected chi connectivity index (χ4v) is 4.36. The third-order valence-corrected chi connectivity index (χ3v) is 5.69. The van der Waals surface area contributed by atoms with E-state index in [1.807, 2.05) is 23.9 Å². The molecule has 0 amide bonds. The van der Waals surface area contributed by atoms with Crippen LogP contribution in [0.25, 0.3) is 0 Å². The average molecular weight is 277 g/mol. The number of benzene rings is 1. The Hall–Kier alpha value is -0.670. The van der Waals surface area contributed by atoms with Crippen molar-refractivity contribution >= 4 is 11.8 Å². The fraction of sp³-hybridized carbons (Fsp3) is 0.625. The molecule has 0 aliphatic heterocycles. The number of aromatic hydroxyl groups is 1. The molecule has 0 bridgehead atoms. The van der Waals surface area contributed by atoms with Crippen LogP contribution in [0, 0.1) is 0 Å². The largest absolute Gasteiger partial charge is 0.508 e. The van der Waals surface area contributed by atoms with E-state index < -0.39 is 0 Å². The predicted octanol–water partition coefficient (Wildman–Crippen LogP) is 3.64. The molecular weight excluding hydrogens is 254 g/mol. The van der Waals surface area contributed by atoms with Crippen LogP contribution in [0.4, 0.5) is 0 Å². The van der Waals surface area contributed by atoms with Crippen molar-refractivity contribution in [2.45, 2.75) is 55.9 Å². The molecule has 104 valence electrons. The highest BCUT2D eigenvalue weighted by Gasteiger charge is 2.28. The van der Waals surface area contributed by atoms with Crippen LogP contribution < -0.4 is 5.32 Å². The summed E-state index contributed by atoms with van der Waals surface area (Å²) in [6.07, 6.45) is 9.78. The molecule has 3 rings (SSSR count). The second-order valence-corrected chi connectivity index (χ2v) is 7.00. The molecule has 3 heteroatoms. The van der Waals surface area contributed by atoms with Crippen molar-refractivity contribution in [3.05, 3.63) is 29.3 Å². The first-order valence-electron chi connectivity index (χ1n) is 7.37. The lowest BCUT2D eigenvalue weighted by Crippen LogP contribution is -2.33. The van der Waals surface area contributed by atoms with Crippen LogP contribution in [0.1, 0.15) is 49.3 Å². The second kappa shape index (κ2) is 5.76. The number of phenols is 1. The normalized spacial score (nSPS) is 30.3. The van der Waals surface area contributed by atoms with Crippen LogP contribution in [0.5, 0.6) is 5.75 Å². The highest BCUT2D eigenvalue weighted by atomic mass is 32.2. The number of phenolic OH excluding ortho intramolecular Hbond substituents is 1. The smallest absolute Gasteiger partial charge is 0.115 e. The molecule has 3 atom stereocenters. The maximum atomic E-state index is 9.60. The Morgan fingerprint density at radius 1 is 1.26 bits per heavy atom. The molecule has 1 aromatic carbocycles. The molecule has 0 spiro atoms. The zero-order valence-corrected chi connectivity index (χ0v) is 12.4.